The van der Waals surface area contributed by atoms with Gasteiger partial charge in [0.25, 0.3) is 0 Å². The third kappa shape index (κ3) is 5.30. The normalized spacial score (nSPS) is 13.0. The first-order valence-corrected chi connectivity index (χ1v) is 10.1. The van der Waals surface area contributed by atoms with Gasteiger partial charge in [-0.15, -0.1) is 12.4 Å². The van der Waals surface area contributed by atoms with Crippen LogP contribution in [0.1, 0.15) is 37.1 Å². The Morgan fingerprint density at radius 3 is 2.52 bits per heavy atom. The molecule has 0 radical (unpaired) electrons. The second kappa shape index (κ2) is 8.74. The van der Waals surface area contributed by atoms with Gasteiger partial charge in [0.15, 0.2) is 0 Å². The molecule has 5 heteroatoms. The summed E-state index contributed by atoms with van der Waals surface area (Å²) in [6, 6.07) is 18.3. The van der Waals surface area contributed by atoms with Crippen molar-refractivity contribution in [1.82, 2.24) is 4.98 Å². The van der Waals surface area contributed by atoms with Crippen LogP contribution >= 0.6 is 24.0 Å². The number of aliphatic hydroxyl groups is 1. The van der Waals surface area contributed by atoms with E-state index in [0.717, 1.165) is 52.5 Å². The average molecular weight is 429 g/mol. The molecule has 3 aromatic rings. The Kier molecular flexibility index (Phi) is 6.52. The molecule has 0 saturated carbocycles. The molecule has 0 unspecified atom stereocenters. The lowest BCUT2D eigenvalue weighted by Crippen LogP contribution is -2.21. The van der Waals surface area contributed by atoms with E-state index in [1.165, 1.54) is 11.3 Å². The highest BCUT2D eigenvalue weighted by Gasteiger charge is 2.19. The van der Waals surface area contributed by atoms with Crippen molar-refractivity contribution in [1.29, 1.82) is 0 Å². The minimum atomic E-state index is -0.702. The van der Waals surface area contributed by atoms with Crippen LogP contribution in [-0.4, -0.2) is 15.7 Å². The molecule has 0 spiro atoms. The minimum Gasteiger partial charge on any atom is -0.390 e. The van der Waals surface area contributed by atoms with Gasteiger partial charge in [-0.05, 0) is 74.6 Å². The van der Waals surface area contributed by atoms with Crippen molar-refractivity contribution in [2.75, 3.05) is 5.32 Å². The summed E-state index contributed by atoms with van der Waals surface area (Å²) < 4.78 is 0. The Hall–Kier alpha value is -2.07. The number of rotatable bonds is 5. The Bertz CT molecular complexity index is 995. The van der Waals surface area contributed by atoms with E-state index in [-0.39, 0.29) is 12.4 Å². The van der Waals surface area contributed by atoms with Crippen LogP contribution in [0.25, 0.3) is 11.3 Å². The molecule has 3 nitrogen and oxygen atoms in total. The van der Waals surface area contributed by atoms with E-state index in [2.05, 4.69) is 35.6 Å². The number of hydrogen-bond acceptors (Lipinski definition) is 3. The van der Waals surface area contributed by atoms with Crippen LogP contribution in [0.4, 0.5) is 11.4 Å². The van der Waals surface area contributed by atoms with Crippen LogP contribution in [-0.2, 0) is 19.3 Å². The number of nitrogens with one attached hydrogen (secondary N) is 1. The molecule has 0 atom stereocenters. The molecule has 152 valence electrons. The fourth-order valence-electron chi connectivity index (χ4n) is 3.81. The molecule has 0 aliphatic heterocycles. The predicted molar refractivity (Wildman–Crippen MR) is 124 cm³/mol. The first-order chi connectivity index (χ1) is 13.4. The number of hydrogen-bond donors (Lipinski definition) is 2. The number of pyridine rings is 1. The molecule has 0 fully saturated rings. The van der Waals surface area contributed by atoms with Gasteiger partial charge in [0.1, 0.15) is 0 Å². The number of fused-ring (bicyclic) bond motifs is 1. The topological polar surface area (TPSA) is 45.1 Å². The third-order valence-electron chi connectivity index (χ3n) is 5.04. The summed E-state index contributed by atoms with van der Waals surface area (Å²) in [5.41, 5.74) is 7.05. The maximum Gasteiger partial charge on any atom is 0.0726 e. The zero-order valence-corrected chi connectivity index (χ0v) is 18.3. The molecule has 29 heavy (non-hydrogen) atoms. The van der Waals surface area contributed by atoms with Crippen LogP contribution < -0.4 is 5.32 Å². The van der Waals surface area contributed by atoms with Crippen LogP contribution in [0.2, 0.25) is 5.02 Å². The fourth-order valence-corrected chi connectivity index (χ4v) is 4.00. The van der Waals surface area contributed by atoms with Gasteiger partial charge < -0.3 is 10.4 Å². The van der Waals surface area contributed by atoms with Gasteiger partial charge in [0.2, 0.25) is 0 Å². The number of anilines is 2. The molecule has 4 rings (SSSR count). The molecular weight excluding hydrogens is 403 g/mol. The molecule has 2 aromatic carbocycles. The summed E-state index contributed by atoms with van der Waals surface area (Å²) in [7, 11) is 0. The summed E-state index contributed by atoms with van der Waals surface area (Å²) in [5, 5.41) is 14.3. The Morgan fingerprint density at radius 1 is 1.07 bits per heavy atom. The van der Waals surface area contributed by atoms with Gasteiger partial charge in [-0.3, -0.25) is 4.98 Å². The van der Waals surface area contributed by atoms with E-state index in [1.54, 1.807) is 0 Å². The Balaban J connectivity index is 0.00000240. The second-order valence-electron chi connectivity index (χ2n) is 8.16. The monoisotopic (exact) mass is 428 g/mol. The molecule has 1 heterocycles. The molecule has 0 saturated heterocycles. The first kappa shape index (κ1) is 21.6. The average Bonchev–Trinajstić information content (AvgIpc) is 3.11. The van der Waals surface area contributed by atoms with Gasteiger partial charge in [-0.1, -0.05) is 35.9 Å². The summed E-state index contributed by atoms with van der Waals surface area (Å²) in [5.74, 6) is 0. The summed E-state index contributed by atoms with van der Waals surface area (Å²) in [4.78, 5) is 4.89. The SMILES string of the molecule is CC(C)(O)Cc1ccc(Nc2cc(-c3cccc(Cl)c3)nc3c2CCC3)cc1.Cl. The van der Waals surface area contributed by atoms with Crippen molar-refractivity contribution >= 4 is 35.4 Å². The molecule has 0 bridgehead atoms. The van der Waals surface area contributed by atoms with Crippen LogP contribution in [0.5, 0.6) is 0 Å². The number of aromatic nitrogens is 1. The number of aryl methyl sites for hydroxylation is 1. The van der Waals surface area contributed by atoms with E-state index in [4.69, 9.17) is 16.6 Å². The molecule has 2 N–H and O–H groups in total. The van der Waals surface area contributed by atoms with Crippen molar-refractivity contribution in [3.8, 4) is 11.3 Å². The molecular formula is C24H26Cl2N2O. The molecule has 1 aliphatic rings. The van der Waals surface area contributed by atoms with Gasteiger partial charge in [0.05, 0.1) is 11.3 Å². The maximum absolute atomic E-state index is 10.0. The van der Waals surface area contributed by atoms with E-state index >= 15 is 0 Å². The number of benzene rings is 2. The van der Waals surface area contributed by atoms with Crippen molar-refractivity contribution in [3.05, 3.63) is 76.4 Å². The van der Waals surface area contributed by atoms with Crippen molar-refractivity contribution < 1.29 is 5.11 Å². The van der Waals surface area contributed by atoms with Crippen molar-refractivity contribution in [2.45, 2.75) is 45.1 Å². The first-order valence-electron chi connectivity index (χ1n) is 9.74. The van der Waals surface area contributed by atoms with E-state index in [9.17, 15) is 5.11 Å². The maximum atomic E-state index is 10.0. The van der Waals surface area contributed by atoms with Gasteiger partial charge in [-0.2, -0.15) is 0 Å². The highest BCUT2D eigenvalue weighted by molar-refractivity contribution is 6.30. The third-order valence-corrected chi connectivity index (χ3v) is 5.28. The fraction of sp³-hybridized carbons (Fsp3) is 0.292. The highest BCUT2D eigenvalue weighted by Crippen LogP contribution is 2.34. The molecule has 1 aliphatic carbocycles. The van der Waals surface area contributed by atoms with Crippen LogP contribution in [0, 0.1) is 0 Å². The number of nitrogens with zero attached hydrogens (tertiary/aromatic N) is 1. The van der Waals surface area contributed by atoms with E-state index in [0.29, 0.717) is 6.42 Å². The zero-order chi connectivity index (χ0) is 19.7. The van der Waals surface area contributed by atoms with Crippen LogP contribution in [0.15, 0.2) is 54.6 Å². The quantitative estimate of drug-likeness (QED) is 0.495. The van der Waals surface area contributed by atoms with Crippen molar-refractivity contribution in [2.24, 2.45) is 0 Å². The van der Waals surface area contributed by atoms with E-state index < -0.39 is 5.60 Å². The van der Waals surface area contributed by atoms with Gasteiger partial charge in [0, 0.05) is 34.1 Å². The predicted octanol–water partition coefficient (Wildman–Crippen LogP) is 6.37. The van der Waals surface area contributed by atoms with Crippen molar-refractivity contribution in [3.63, 3.8) is 0 Å². The second-order valence-corrected chi connectivity index (χ2v) is 8.59. The summed E-state index contributed by atoms with van der Waals surface area (Å²) >= 11 is 6.18. The highest BCUT2D eigenvalue weighted by atomic mass is 35.5. The standard InChI is InChI=1S/C24H25ClN2O.ClH/c1-24(2,28)15-16-9-11-19(12-10-16)26-23-14-22(17-5-3-6-18(25)13-17)27-21-8-4-7-20(21)23;/h3,5-6,9-14,28H,4,7-8,15H2,1-2H3,(H,26,27);1H. The Labute approximate surface area is 183 Å². The van der Waals surface area contributed by atoms with Gasteiger partial charge >= 0.3 is 0 Å². The lowest BCUT2D eigenvalue weighted by atomic mass is 9.98. The molecule has 1 aromatic heterocycles. The minimum absolute atomic E-state index is 0. The Morgan fingerprint density at radius 2 is 1.83 bits per heavy atom. The van der Waals surface area contributed by atoms with E-state index in [1.807, 2.05) is 38.1 Å². The zero-order valence-electron chi connectivity index (χ0n) is 16.7. The summed E-state index contributed by atoms with van der Waals surface area (Å²) in [6.45, 7) is 3.66. The smallest absolute Gasteiger partial charge is 0.0726 e. The largest absolute Gasteiger partial charge is 0.390 e. The number of halogens is 2. The van der Waals surface area contributed by atoms with Gasteiger partial charge in [-0.25, -0.2) is 0 Å². The molecule has 0 amide bonds. The summed E-state index contributed by atoms with van der Waals surface area (Å²) in [6.07, 6.45) is 3.84. The lowest BCUT2D eigenvalue weighted by molar-refractivity contribution is 0.0810. The van der Waals surface area contributed by atoms with Crippen LogP contribution in [0.3, 0.4) is 0 Å². The lowest BCUT2D eigenvalue weighted by Gasteiger charge is -2.18.